The molecular formula is C23H30N2O3S. The number of nitrogens with one attached hydrogen (secondary N) is 2. The van der Waals surface area contributed by atoms with Crippen LogP contribution < -0.4 is 15.4 Å². The number of hydrogen-bond donors (Lipinski definition) is 2. The number of aryl methyl sites for hydroxylation is 2. The summed E-state index contributed by atoms with van der Waals surface area (Å²) in [5.41, 5.74) is 3.88. The second-order valence-electron chi connectivity index (χ2n) is 6.61. The molecule has 29 heavy (non-hydrogen) atoms. The molecule has 2 amide bonds. The molecule has 0 spiro atoms. The zero-order valence-electron chi connectivity index (χ0n) is 17.6. The molecule has 2 N–H and O–H groups in total. The van der Waals surface area contributed by atoms with E-state index in [4.69, 9.17) is 4.74 Å². The Morgan fingerprint density at radius 1 is 0.966 bits per heavy atom. The lowest BCUT2D eigenvalue weighted by atomic mass is 10.0. The van der Waals surface area contributed by atoms with E-state index in [0.29, 0.717) is 12.3 Å². The van der Waals surface area contributed by atoms with Crippen molar-refractivity contribution >= 4 is 35.0 Å². The lowest BCUT2D eigenvalue weighted by molar-refractivity contribution is -0.115. The van der Waals surface area contributed by atoms with Crippen LogP contribution in [0.25, 0.3) is 0 Å². The van der Waals surface area contributed by atoms with Gasteiger partial charge in [0.1, 0.15) is 5.75 Å². The van der Waals surface area contributed by atoms with Crippen LogP contribution in [0.5, 0.6) is 5.75 Å². The van der Waals surface area contributed by atoms with Crippen LogP contribution in [0.3, 0.4) is 0 Å². The number of carbonyl (C=O) groups is 2. The van der Waals surface area contributed by atoms with Crippen LogP contribution in [0.2, 0.25) is 0 Å². The molecule has 2 aromatic carbocycles. The molecule has 0 aliphatic rings. The highest BCUT2D eigenvalue weighted by Crippen LogP contribution is 2.24. The average Bonchev–Trinajstić information content (AvgIpc) is 2.73. The predicted molar refractivity (Wildman–Crippen MR) is 122 cm³/mol. The molecule has 0 saturated heterocycles. The molecule has 0 aliphatic carbocycles. The third-order valence-electron chi connectivity index (χ3n) is 4.53. The van der Waals surface area contributed by atoms with Crippen molar-refractivity contribution in [3.05, 3.63) is 53.6 Å². The zero-order valence-corrected chi connectivity index (χ0v) is 18.4. The summed E-state index contributed by atoms with van der Waals surface area (Å²) >= 11 is 1.32. The second kappa shape index (κ2) is 11.5. The molecule has 1 atom stereocenters. The van der Waals surface area contributed by atoms with Gasteiger partial charge in [-0.2, -0.15) is 0 Å². The summed E-state index contributed by atoms with van der Waals surface area (Å²) < 4.78 is 5.39. The van der Waals surface area contributed by atoms with Crippen molar-refractivity contribution in [2.24, 2.45) is 0 Å². The van der Waals surface area contributed by atoms with E-state index in [1.807, 2.05) is 44.2 Å². The quantitative estimate of drug-likeness (QED) is 0.580. The van der Waals surface area contributed by atoms with Gasteiger partial charge in [0.2, 0.25) is 11.8 Å². The Balaban J connectivity index is 1.87. The molecule has 156 valence electrons. The molecule has 0 unspecified atom stereocenters. The molecule has 0 aliphatic heterocycles. The highest BCUT2D eigenvalue weighted by atomic mass is 32.2. The van der Waals surface area contributed by atoms with Gasteiger partial charge in [0.15, 0.2) is 0 Å². The van der Waals surface area contributed by atoms with E-state index in [2.05, 4.69) is 24.5 Å². The molecule has 0 radical (unpaired) electrons. The highest BCUT2D eigenvalue weighted by molar-refractivity contribution is 8.01. The molecule has 0 saturated carbocycles. The number of rotatable bonds is 10. The first-order valence-electron chi connectivity index (χ1n) is 10.0. The first-order chi connectivity index (χ1) is 14.0. The van der Waals surface area contributed by atoms with Crippen molar-refractivity contribution in [1.29, 1.82) is 0 Å². The fourth-order valence-electron chi connectivity index (χ4n) is 2.90. The molecule has 5 nitrogen and oxygen atoms in total. The summed E-state index contributed by atoms with van der Waals surface area (Å²) in [6.07, 6.45) is 1.71. The van der Waals surface area contributed by atoms with Crippen molar-refractivity contribution < 1.29 is 14.3 Å². The maximum Gasteiger partial charge on any atom is 0.237 e. The maximum absolute atomic E-state index is 12.6. The minimum Gasteiger partial charge on any atom is -0.494 e. The van der Waals surface area contributed by atoms with Crippen LogP contribution in [-0.2, 0) is 22.4 Å². The lowest BCUT2D eigenvalue weighted by Crippen LogP contribution is -2.26. The Morgan fingerprint density at radius 3 is 2.14 bits per heavy atom. The summed E-state index contributed by atoms with van der Waals surface area (Å²) in [4.78, 5) is 24.9. The summed E-state index contributed by atoms with van der Waals surface area (Å²) in [5.74, 6) is 0.753. The Morgan fingerprint density at radius 2 is 1.59 bits per heavy atom. The van der Waals surface area contributed by atoms with Crippen molar-refractivity contribution in [3.8, 4) is 5.75 Å². The minimum atomic E-state index is -0.337. The molecule has 0 aromatic heterocycles. The van der Waals surface area contributed by atoms with Crippen LogP contribution >= 0.6 is 11.8 Å². The summed E-state index contributed by atoms with van der Waals surface area (Å²) in [7, 11) is 0. The summed E-state index contributed by atoms with van der Waals surface area (Å²) in [5, 5.41) is 5.57. The monoisotopic (exact) mass is 414 g/mol. The zero-order chi connectivity index (χ0) is 21.2. The van der Waals surface area contributed by atoms with Gasteiger partial charge in [0, 0.05) is 11.4 Å². The first-order valence-corrected chi connectivity index (χ1v) is 11.1. The van der Waals surface area contributed by atoms with Gasteiger partial charge in [0.25, 0.3) is 0 Å². The van der Waals surface area contributed by atoms with E-state index in [9.17, 15) is 9.59 Å². The van der Waals surface area contributed by atoms with Crippen LogP contribution in [-0.4, -0.2) is 29.4 Å². The number of carbonyl (C=O) groups excluding carboxylic acids is 2. The van der Waals surface area contributed by atoms with Crippen LogP contribution in [0.1, 0.15) is 38.8 Å². The van der Waals surface area contributed by atoms with Gasteiger partial charge in [-0.25, -0.2) is 0 Å². The molecule has 0 heterocycles. The van der Waals surface area contributed by atoms with Gasteiger partial charge < -0.3 is 15.4 Å². The maximum atomic E-state index is 12.6. The number of ether oxygens (including phenoxy) is 1. The molecule has 0 fully saturated rings. The van der Waals surface area contributed by atoms with Crippen LogP contribution in [0, 0.1) is 0 Å². The number of anilines is 2. The van der Waals surface area contributed by atoms with Crippen LogP contribution in [0.4, 0.5) is 11.4 Å². The van der Waals surface area contributed by atoms with Gasteiger partial charge in [-0.05, 0) is 62.1 Å². The third-order valence-corrected chi connectivity index (χ3v) is 5.67. The molecule has 0 bridgehead atoms. The van der Waals surface area contributed by atoms with E-state index >= 15 is 0 Å². The van der Waals surface area contributed by atoms with Gasteiger partial charge in [0.05, 0.1) is 17.6 Å². The topological polar surface area (TPSA) is 67.4 Å². The lowest BCUT2D eigenvalue weighted by Gasteiger charge is -2.17. The fraction of sp³-hybridized carbons (Fsp3) is 0.391. The summed E-state index contributed by atoms with van der Waals surface area (Å²) in [6, 6.07) is 13.3. The molecule has 6 heteroatoms. The number of thioether (sulfide) groups is 1. The Hall–Kier alpha value is -2.47. The van der Waals surface area contributed by atoms with E-state index in [-0.39, 0.29) is 22.8 Å². The number of amides is 2. The van der Waals surface area contributed by atoms with Crippen molar-refractivity contribution in [3.63, 3.8) is 0 Å². The molecule has 2 rings (SSSR count). The number of hydrogen-bond acceptors (Lipinski definition) is 4. The van der Waals surface area contributed by atoms with Crippen LogP contribution in [0.15, 0.2) is 42.5 Å². The molecule has 2 aromatic rings. The second-order valence-corrected chi connectivity index (χ2v) is 7.94. The Labute approximate surface area is 177 Å². The largest absolute Gasteiger partial charge is 0.494 e. The number of benzene rings is 2. The summed E-state index contributed by atoms with van der Waals surface area (Å²) in [6.45, 7) is 8.50. The van der Waals surface area contributed by atoms with Crippen molar-refractivity contribution in [2.75, 3.05) is 23.0 Å². The van der Waals surface area contributed by atoms with Gasteiger partial charge in [-0.1, -0.05) is 32.0 Å². The average molecular weight is 415 g/mol. The Kier molecular flexibility index (Phi) is 9.06. The molecular weight excluding hydrogens is 384 g/mol. The standard InChI is InChI=1S/C23H30N2O3S/c1-5-17-9-8-10-18(6-2)22(17)25-23(27)16(4)29-15-21(26)24-19-11-13-20(14-12-19)28-7-3/h8-14,16H,5-7,15H2,1-4H3,(H,24,26)(H,25,27)/t16-/m1/s1. The van der Waals surface area contributed by atoms with Gasteiger partial charge in [-0.3, -0.25) is 9.59 Å². The van der Waals surface area contributed by atoms with E-state index in [0.717, 1.165) is 35.4 Å². The van der Waals surface area contributed by atoms with E-state index < -0.39 is 0 Å². The van der Waals surface area contributed by atoms with Gasteiger partial charge >= 0.3 is 0 Å². The fourth-order valence-corrected chi connectivity index (χ4v) is 3.59. The normalized spacial score (nSPS) is 11.6. The van der Waals surface area contributed by atoms with Crippen molar-refractivity contribution in [1.82, 2.24) is 0 Å². The number of para-hydroxylation sites is 1. The van der Waals surface area contributed by atoms with E-state index in [1.54, 1.807) is 12.1 Å². The highest BCUT2D eigenvalue weighted by Gasteiger charge is 2.18. The minimum absolute atomic E-state index is 0.0838. The predicted octanol–water partition coefficient (Wildman–Crippen LogP) is 4.91. The smallest absolute Gasteiger partial charge is 0.237 e. The Bertz CT molecular complexity index is 799. The first kappa shape index (κ1) is 22.8. The van der Waals surface area contributed by atoms with E-state index in [1.165, 1.54) is 11.8 Å². The van der Waals surface area contributed by atoms with Gasteiger partial charge in [-0.15, -0.1) is 11.8 Å². The SMILES string of the molecule is CCOc1ccc(NC(=O)CS[C@H](C)C(=O)Nc2c(CC)cccc2CC)cc1. The third kappa shape index (κ3) is 6.82. The van der Waals surface area contributed by atoms with Crippen molar-refractivity contribution in [2.45, 2.75) is 45.8 Å².